The summed E-state index contributed by atoms with van der Waals surface area (Å²) in [6, 6.07) is 0. The molecule has 0 rings (SSSR count). The molecule has 0 aliphatic heterocycles. The van der Waals surface area contributed by atoms with Crippen LogP contribution in [-0.2, 0) is 19.3 Å². The first-order valence-electron chi connectivity index (χ1n) is 3.15. The fourth-order valence-corrected chi connectivity index (χ4v) is 0.214. The van der Waals surface area contributed by atoms with Gasteiger partial charge in [0, 0.05) is 6.92 Å². The molecule has 0 unspecified atom stereocenters. The molecule has 0 aromatic carbocycles. The lowest BCUT2D eigenvalue weighted by atomic mass is 10.3. The molecule has 0 heterocycles. The number of carbonyl (C=O) groups excluding carboxylic acids is 1. The molecule has 3 N–H and O–H groups in total. The second-order valence-electron chi connectivity index (χ2n) is 1.87. The number of carboxylic acids is 2. The maximum absolute atomic E-state index is 9.64. The van der Waals surface area contributed by atoms with Crippen molar-refractivity contribution in [2.75, 3.05) is 0 Å². The Morgan fingerprint density at radius 3 is 1.38 bits per heavy atom. The number of hydrogen-bond acceptors (Lipinski definition) is 5. The average Bonchev–Trinajstić information content (AvgIpc) is 2.02. The summed E-state index contributed by atoms with van der Waals surface area (Å²) >= 11 is 0. The van der Waals surface area contributed by atoms with Gasteiger partial charge in [0.2, 0.25) is 0 Å². The van der Waals surface area contributed by atoms with Gasteiger partial charge in [0.25, 0.3) is 0 Å². The smallest absolute Gasteiger partial charge is 0.339 e. The Kier molecular flexibility index (Phi) is 9.07. The SMILES string of the molecule is CC(=O)OO.O=C(O)CCC(=O)O. The minimum Gasteiger partial charge on any atom is -0.481 e. The molecule has 0 atom stereocenters. The van der Waals surface area contributed by atoms with Crippen LogP contribution in [0.3, 0.4) is 0 Å². The third-order valence-electron chi connectivity index (χ3n) is 0.681. The van der Waals surface area contributed by atoms with Crippen molar-refractivity contribution in [2.24, 2.45) is 0 Å². The van der Waals surface area contributed by atoms with Gasteiger partial charge in [-0.3, -0.25) is 9.59 Å². The predicted octanol–water partition coefficient (Wildman–Crippen LogP) is -0.0417. The summed E-state index contributed by atoms with van der Waals surface area (Å²) in [5.74, 6) is -2.84. The van der Waals surface area contributed by atoms with E-state index in [-0.39, 0.29) is 12.8 Å². The topological polar surface area (TPSA) is 121 Å². The Morgan fingerprint density at radius 1 is 1.08 bits per heavy atom. The Hall–Kier alpha value is -1.63. The lowest BCUT2D eigenvalue weighted by Gasteiger charge is -1.85. The van der Waals surface area contributed by atoms with E-state index in [1.807, 2.05) is 0 Å². The third kappa shape index (κ3) is 25.2. The lowest BCUT2D eigenvalue weighted by molar-refractivity contribution is -0.231. The molecule has 76 valence electrons. The normalized spacial score (nSPS) is 7.85. The van der Waals surface area contributed by atoms with E-state index in [1.165, 1.54) is 0 Å². The third-order valence-corrected chi connectivity index (χ3v) is 0.681. The highest BCUT2D eigenvalue weighted by molar-refractivity contribution is 5.75. The molecule has 0 amide bonds. The Morgan fingerprint density at radius 2 is 1.31 bits per heavy atom. The molecule has 0 saturated heterocycles. The monoisotopic (exact) mass is 194 g/mol. The van der Waals surface area contributed by atoms with Gasteiger partial charge in [-0.15, -0.1) is 0 Å². The van der Waals surface area contributed by atoms with Gasteiger partial charge < -0.3 is 15.1 Å². The van der Waals surface area contributed by atoms with Crippen molar-refractivity contribution < 1.29 is 34.7 Å². The Bertz CT molecular complexity index is 171. The molecule has 0 aliphatic rings. The molecule has 0 aliphatic carbocycles. The molecule has 0 aromatic heterocycles. The summed E-state index contributed by atoms with van der Waals surface area (Å²) in [6.45, 7) is 1.11. The van der Waals surface area contributed by atoms with E-state index < -0.39 is 17.9 Å². The van der Waals surface area contributed by atoms with Crippen LogP contribution in [0.2, 0.25) is 0 Å². The Balaban J connectivity index is 0. The fourth-order valence-electron chi connectivity index (χ4n) is 0.214. The van der Waals surface area contributed by atoms with Crippen LogP contribution in [-0.4, -0.2) is 33.4 Å². The number of carbonyl (C=O) groups is 3. The van der Waals surface area contributed by atoms with Gasteiger partial charge in [-0.25, -0.2) is 4.79 Å². The van der Waals surface area contributed by atoms with Gasteiger partial charge in [0.05, 0.1) is 12.8 Å². The summed E-state index contributed by atoms with van der Waals surface area (Å²) in [5.41, 5.74) is 0. The zero-order chi connectivity index (χ0) is 10.9. The summed E-state index contributed by atoms with van der Waals surface area (Å²) in [6.07, 6.45) is -0.593. The van der Waals surface area contributed by atoms with E-state index in [0.29, 0.717) is 0 Å². The minimum atomic E-state index is -1.08. The number of hydrogen-bond donors (Lipinski definition) is 3. The van der Waals surface area contributed by atoms with Gasteiger partial charge in [0.1, 0.15) is 0 Å². The van der Waals surface area contributed by atoms with Gasteiger partial charge in [-0.05, 0) is 0 Å². The summed E-state index contributed by atoms with van der Waals surface area (Å²) in [7, 11) is 0. The summed E-state index contributed by atoms with van der Waals surface area (Å²) < 4.78 is 0. The minimum absolute atomic E-state index is 0.296. The van der Waals surface area contributed by atoms with Crippen molar-refractivity contribution >= 4 is 17.9 Å². The second kappa shape index (κ2) is 8.47. The zero-order valence-electron chi connectivity index (χ0n) is 6.89. The number of rotatable bonds is 3. The van der Waals surface area contributed by atoms with Crippen LogP contribution in [0.5, 0.6) is 0 Å². The van der Waals surface area contributed by atoms with Gasteiger partial charge in [-0.1, -0.05) is 0 Å². The highest BCUT2D eigenvalue weighted by Crippen LogP contribution is 1.86. The molecule has 0 fully saturated rings. The quantitative estimate of drug-likeness (QED) is 0.425. The van der Waals surface area contributed by atoms with Crippen LogP contribution in [0.15, 0.2) is 0 Å². The summed E-state index contributed by atoms with van der Waals surface area (Å²) in [5, 5.41) is 23.1. The highest BCUT2D eigenvalue weighted by Gasteiger charge is 2.00. The lowest BCUT2D eigenvalue weighted by Crippen LogP contribution is -2.00. The van der Waals surface area contributed by atoms with Crippen LogP contribution < -0.4 is 0 Å². The molecule has 0 saturated carbocycles. The molecular weight excluding hydrogens is 184 g/mol. The second-order valence-corrected chi connectivity index (χ2v) is 1.87. The largest absolute Gasteiger partial charge is 0.481 e. The Labute approximate surface area is 73.5 Å². The fraction of sp³-hybridized carbons (Fsp3) is 0.500. The molecule has 0 spiro atoms. The summed E-state index contributed by atoms with van der Waals surface area (Å²) in [4.78, 5) is 31.7. The highest BCUT2D eigenvalue weighted by atomic mass is 17.1. The first kappa shape index (κ1) is 13.9. The molecule has 7 nitrogen and oxygen atoms in total. The van der Waals surface area contributed by atoms with Gasteiger partial charge >= 0.3 is 17.9 Å². The van der Waals surface area contributed by atoms with E-state index in [0.717, 1.165) is 6.92 Å². The standard InChI is InChI=1S/C4H6O4.C2H4O3/c5-3(6)1-2-4(7)8;1-2(3)5-4/h1-2H2,(H,5,6)(H,7,8);4H,1H3. The van der Waals surface area contributed by atoms with E-state index in [1.54, 1.807) is 0 Å². The molecule has 7 heteroatoms. The van der Waals surface area contributed by atoms with E-state index in [9.17, 15) is 14.4 Å². The number of carboxylic acid groups (broad SMARTS) is 2. The van der Waals surface area contributed by atoms with Crippen LogP contribution in [0, 0.1) is 0 Å². The molecule has 0 bridgehead atoms. The van der Waals surface area contributed by atoms with E-state index in [4.69, 9.17) is 15.5 Å². The van der Waals surface area contributed by atoms with Crippen LogP contribution >= 0.6 is 0 Å². The van der Waals surface area contributed by atoms with E-state index >= 15 is 0 Å². The van der Waals surface area contributed by atoms with Crippen molar-refractivity contribution in [2.45, 2.75) is 19.8 Å². The molecular formula is C6H10O7. The zero-order valence-corrected chi connectivity index (χ0v) is 6.89. The van der Waals surface area contributed by atoms with Gasteiger partial charge in [-0.2, -0.15) is 5.26 Å². The van der Waals surface area contributed by atoms with Crippen molar-refractivity contribution in [1.82, 2.24) is 0 Å². The maximum Gasteiger partial charge on any atom is 0.339 e. The first-order valence-corrected chi connectivity index (χ1v) is 3.15. The molecule has 13 heavy (non-hydrogen) atoms. The predicted molar refractivity (Wildman–Crippen MR) is 38.9 cm³/mol. The first-order chi connectivity index (χ1) is 5.90. The van der Waals surface area contributed by atoms with Crippen LogP contribution in [0.4, 0.5) is 0 Å². The average molecular weight is 194 g/mol. The van der Waals surface area contributed by atoms with Crippen molar-refractivity contribution in [3.8, 4) is 0 Å². The number of aliphatic carboxylic acids is 2. The van der Waals surface area contributed by atoms with E-state index in [2.05, 4.69) is 4.89 Å². The van der Waals surface area contributed by atoms with Crippen molar-refractivity contribution in [3.63, 3.8) is 0 Å². The van der Waals surface area contributed by atoms with Gasteiger partial charge in [0.15, 0.2) is 0 Å². The molecule has 0 aromatic rings. The maximum atomic E-state index is 9.64. The van der Waals surface area contributed by atoms with Crippen LogP contribution in [0.25, 0.3) is 0 Å². The van der Waals surface area contributed by atoms with Crippen molar-refractivity contribution in [3.05, 3.63) is 0 Å². The van der Waals surface area contributed by atoms with Crippen molar-refractivity contribution in [1.29, 1.82) is 0 Å². The molecule has 0 radical (unpaired) electrons. The van der Waals surface area contributed by atoms with Crippen LogP contribution in [0.1, 0.15) is 19.8 Å².